The predicted octanol–water partition coefficient (Wildman–Crippen LogP) is -0.0773. The number of rotatable bonds is 11. The summed E-state index contributed by atoms with van der Waals surface area (Å²) in [6.07, 6.45) is -5.15. The van der Waals surface area contributed by atoms with Crippen molar-refractivity contribution in [3.63, 3.8) is 0 Å². The van der Waals surface area contributed by atoms with Crippen LogP contribution in [0.5, 0.6) is 0 Å². The molecule has 0 fully saturated rings. The fourth-order valence-corrected chi connectivity index (χ4v) is 2.20. The second kappa shape index (κ2) is 12.7. The minimum atomic E-state index is -1.41. The predicted molar refractivity (Wildman–Crippen MR) is 90.7 cm³/mol. The Morgan fingerprint density at radius 1 is 0.571 bits per heavy atom. The van der Waals surface area contributed by atoms with E-state index in [0.29, 0.717) is 0 Å². The minimum absolute atomic E-state index is 0.345. The van der Waals surface area contributed by atoms with E-state index in [1.165, 1.54) is 14.0 Å². The van der Waals surface area contributed by atoms with E-state index in [1.807, 2.05) is 0 Å². The number of methoxy groups -OCH3 is 1. The standard InChI is InChI=1S/C17H26O11/c1-9(18)24-7-14(23-6)16(27-12(4)21)17(28-13(5)22)15(26-11(3)20)8-25-10(2)19/h14-17H,7-8H2,1-6H3/t14-,15+,16+,17-/m0/s1. The second-order valence-electron chi connectivity index (χ2n) is 5.68. The Kier molecular flexibility index (Phi) is 11.4. The SMILES string of the molecule is CO[C@@H](COC(C)=O)[C@@H](OC(C)=O)[C@@H](OC(C)=O)[C@@H](COC(C)=O)OC(C)=O. The number of carbonyl (C=O) groups excluding carboxylic acids is 5. The Morgan fingerprint density at radius 3 is 1.25 bits per heavy atom. The van der Waals surface area contributed by atoms with Crippen LogP contribution in [-0.4, -0.2) is 74.6 Å². The zero-order chi connectivity index (χ0) is 21.9. The van der Waals surface area contributed by atoms with Crippen molar-refractivity contribution in [1.29, 1.82) is 0 Å². The van der Waals surface area contributed by atoms with E-state index in [-0.39, 0.29) is 6.61 Å². The molecular formula is C17H26O11. The van der Waals surface area contributed by atoms with Crippen LogP contribution in [0.3, 0.4) is 0 Å². The molecular weight excluding hydrogens is 380 g/mol. The van der Waals surface area contributed by atoms with Gasteiger partial charge in [0.2, 0.25) is 0 Å². The lowest BCUT2D eigenvalue weighted by Gasteiger charge is -2.34. The lowest BCUT2D eigenvalue weighted by molar-refractivity contribution is -0.203. The Hall–Kier alpha value is -2.69. The van der Waals surface area contributed by atoms with Crippen LogP contribution in [-0.2, 0) is 52.4 Å². The first-order chi connectivity index (χ1) is 13.0. The molecule has 0 N–H and O–H groups in total. The van der Waals surface area contributed by atoms with Crippen molar-refractivity contribution in [2.45, 2.75) is 59.0 Å². The van der Waals surface area contributed by atoms with Crippen LogP contribution in [0.15, 0.2) is 0 Å². The van der Waals surface area contributed by atoms with Gasteiger partial charge >= 0.3 is 29.8 Å². The molecule has 0 rings (SSSR count). The summed E-state index contributed by atoms with van der Waals surface area (Å²) in [5.41, 5.74) is 0. The average molecular weight is 406 g/mol. The fourth-order valence-electron chi connectivity index (χ4n) is 2.20. The van der Waals surface area contributed by atoms with Crippen LogP contribution in [0.1, 0.15) is 34.6 Å². The normalized spacial score (nSPS) is 14.6. The molecule has 11 nitrogen and oxygen atoms in total. The highest BCUT2D eigenvalue weighted by atomic mass is 16.6. The van der Waals surface area contributed by atoms with Crippen molar-refractivity contribution in [1.82, 2.24) is 0 Å². The summed E-state index contributed by atoms with van der Waals surface area (Å²) in [4.78, 5) is 57.0. The molecule has 0 amide bonds. The topological polar surface area (TPSA) is 141 Å². The van der Waals surface area contributed by atoms with Crippen molar-refractivity contribution < 1.29 is 52.4 Å². The third kappa shape index (κ3) is 10.5. The summed E-state index contributed by atoms with van der Waals surface area (Å²) in [6, 6.07) is 0. The molecule has 0 spiro atoms. The van der Waals surface area contributed by atoms with Gasteiger partial charge in [-0.15, -0.1) is 0 Å². The molecule has 160 valence electrons. The van der Waals surface area contributed by atoms with Crippen LogP contribution in [0.4, 0.5) is 0 Å². The van der Waals surface area contributed by atoms with Gasteiger partial charge in [0.05, 0.1) is 0 Å². The highest BCUT2D eigenvalue weighted by Crippen LogP contribution is 2.20. The fraction of sp³-hybridized carbons (Fsp3) is 0.706. The van der Waals surface area contributed by atoms with Gasteiger partial charge in [0, 0.05) is 41.7 Å². The average Bonchev–Trinajstić information content (AvgIpc) is 2.55. The van der Waals surface area contributed by atoms with Gasteiger partial charge in [-0.25, -0.2) is 0 Å². The highest BCUT2D eigenvalue weighted by Gasteiger charge is 2.43. The number of hydrogen-bond donors (Lipinski definition) is 0. The maximum absolute atomic E-state index is 11.6. The van der Waals surface area contributed by atoms with Crippen LogP contribution >= 0.6 is 0 Å². The van der Waals surface area contributed by atoms with E-state index in [4.69, 9.17) is 28.4 Å². The summed E-state index contributed by atoms with van der Waals surface area (Å²) in [6.45, 7) is 4.76. The summed E-state index contributed by atoms with van der Waals surface area (Å²) < 4.78 is 30.5. The van der Waals surface area contributed by atoms with Gasteiger partial charge in [-0.1, -0.05) is 0 Å². The molecule has 0 aromatic rings. The largest absolute Gasteiger partial charge is 0.463 e. The highest BCUT2D eigenvalue weighted by molar-refractivity contribution is 5.69. The van der Waals surface area contributed by atoms with Gasteiger partial charge in [0.15, 0.2) is 18.3 Å². The van der Waals surface area contributed by atoms with Crippen molar-refractivity contribution in [2.75, 3.05) is 20.3 Å². The van der Waals surface area contributed by atoms with E-state index < -0.39 is 60.9 Å². The lowest BCUT2D eigenvalue weighted by atomic mass is 10.0. The van der Waals surface area contributed by atoms with E-state index in [1.54, 1.807) is 0 Å². The van der Waals surface area contributed by atoms with Crippen LogP contribution in [0.25, 0.3) is 0 Å². The van der Waals surface area contributed by atoms with Gasteiger partial charge in [0.1, 0.15) is 19.3 Å². The monoisotopic (exact) mass is 406 g/mol. The molecule has 28 heavy (non-hydrogen) atoms. The lowest BCUT2D eigenvalue weighted by Crippen LogP contribution is -2.53. The van der Waals surface area contributed by atoms with Crippen LogP contribution in [0.2, 0.25) is 0 Å². The zero-order valence-electron chi connectivity index (χ0n) is 16.7. The number of carbonyl (C=O) groups is 5. The number of hydrogen-bond acceptors (Lipinski definition) is 11. The van der Waals surface area contributed by atoms with Gasteiger partial charge in [0.25, 0.3) is 0 Å². The van der Waals surface area contributed by atoms with Crippen molar-refractivity contribution in [3.8, 4) is 0 Å². The van der Waals surface area contributed by atoms with E-state index in [2.05, 4.69) is 0 Å². The van der Waals surface area contributed by atoms with Crippen molar-refractivity contribution in [3.05, 3.63) is 0 Å². The summed E-state index contributed by atoms with van der Waals surface area (Å²) >= 11 is 0. The summed E-state index contributed by atoms with van der Waals surface area (Å²) in [7, 11) is 1.25. The molecule has 0 bridgehead atoms. The first-order valence-corrected chi connectivity index (χ1v) is 8.29. The molecule has 0 aromatic heterocycles. The third-order valence-electron chi connectivity index (χ3n) is 3.18. The van der Waals surface area contributed by atoms with Gasteiger partial charge < -0.3 is 28.4 Å². The van der Waals surface area contributed by atoms with Crippen molar-refractivity contribution >= 4 is 29.8 Å². The quantitative estimate of drug-likeness (QED) is 0.336. The maximum atomic E-state index is 11.6. The Balaban J connectivity index is 5.93. The summed E-state index contributed by atoms with van der Waals surface area (Å²) in [5.74, 6) is -3.61. The molecule has 4 atom stereocenters. The van der Waals surface area contributed by atoms with Gasteiger partial charge in [-0.3, -0.25) is 24.0 Å². The third-order valence-corrected chi connectivity index (χ3v) is 3.18. The second-order valence-corrected chi connectivity index (χ2v) is 5.68. The molecule has 0 heterocycles. The van der Waals surface area contributed by atoms with Gasteiger partial charge in [-0.05, 0) is 0 Å². The molecule has 0 aromatic carbocycles. The molecule has 0 aliphatic heterocycles. The van der Waals surface area contributed by atoms with E-state index in [9.17, 15) is 24.0 Å². The molecule has 0 aliphatic carbocycles. The Labute approximate surface area is 162 Å². The maximum Gasteiger partial charge on any atom is 0.303 e. The molecule has 0 unspecified atom stereocenters. The molecule has 0 radical (unpaired) electrons. The van der Waals surface area contributed by atoms with Crippen LogP contribution in [0, 0.1) is 0 Å². The first kappa shape index (κ1) is 25.3. The number of ether oxygens (including phenoxy) is 6. The Morgan fingerprint density at radius 2 is 0.929 bits per heavy atom. The van der Waals surface area contributed by atoms with E-state index >= 15 is 0 Å². The zero-order valence-corrected chi connectivity index (χ0v) is 16.7. The minimum Gasteiger partial charge on any atom is -0.463 e. The van der Waals surface area contributed by atoms with Gasteiger partial charge in [-0.2, -0.15) is 0 Å². The van der Waals surface area contributed by atoms with Crippen LogP contribution < -0.4 is 0 Å². The summed E-state index contributed by atoms with van der Waals surface area (Å²) in [5, 5.41) is 0. The number of esters is 5. The molecule has 0 saturated heterocycles. The van der Waals surface area contributed by atoms with E-state index in [0.717, 1.165) is 27.7 Å². The smallest absolute Gasteiger partial charge is 0.303 e. The molecule has 11 heteroatoms. The molecule has 0 saturated carbocycles. The Bertz CT molecular complexity index is 571. The molecule has 0 aliphatic rings. The van der Waals surface area contributed by atoms with Crippen molar-refractivity contribution in [2.24, 2.45) is 0 Å². The first-order valence-electron chi connectivity index (χ1n) is 8.29.